The van der Waals surface area contributed by atoms with Crippen LogP contribution in [0.25, 0.3) is 0 Å². The van der Waals surface area contributed by atoms with E-state index in [-0.39, 0.29) is 19.3 Å². The summed E-state index contributed by atoms with van der Waals surface area (Å²) in [6.45, 7) is 1.93. The second-order valence-corrected chi connectivity index (χ2v) is 2.52. The van der Waals surface area contributed by atoms with Gasteiger partial charge in [0.15, 0.2) is 0 Å². The van der Waals surface area contributed by atoms with Gasteiger partial charge in [-0.2, -0.15) is 0 Å². The average molecular weight is 183 g/mol. The highest BCUT2D eigenvalue weighted by atomic mass is 16.3. The number of nitrogens with two attached hydrogens (primary N) is 1. The molecule has 0 radical (unpaired) electrons. The molecule has 1 atom stereocenters. The molecule has 0 spiro atoms. The van der Waals surface area contributed by atoms with E-state index in [9.17, 15) is 0 Å². The molecule has 74 valence electrons. The lowest BCUT2D eigenvalue weighted by atomic mass is 10.1. The van der Waals surface area contributed by atoms with Crippen molar-refractivity contribution in [2.24, 2.45) is 5.73 Å². The van der Waals surface area contributed by atoms with E-state index in [2.05, 4.69) is 0 Å². The molecule has 0 amide bonds. The van der Waals surface area contributed by atoms with Gasteiger partial charge in [0.2, 0.25) is 0 Å². The second kappa shape index (κ2) is 7.73. The Morgan fingerprint density at radius 1 is 1.23 bits per heavy atom. The van der Waals surface area contributed by atoms with Crippen molar-refractivity contribution in [3.8, 4) is 0 Å². The van der Waals surface area contributed by atoms with Gasteiger partial charge < -0.3 is 15.9 Å². The largest absolute Gasteiger partial charge is 0.397 e. The molecule has 0 unspecified atom stereocenters. The molecule has 13 heavy (non-hydrogen) atoms. The van der Waals surface area contributed by atoms with Crippen LogP contribution in [0.4, 0.5) is 0 Å². The standard InChI is InChI=1S/C8H11NO.C2H6O/c9-8(6-10)7-4-2-1-3-5-7;1-2-3/h1-5,8,10H,6,9H2;3H,2H2,1H3/t8-;/m1./s1. The number of aliphatic hydroxyl groups is 2. The topological polar surface area (TPSA) is 66.5 Å². The van der Waals surface area contributed by atoms with E-state index in [1.807, 2.05) is 30.3 Å². The Balaban J connectivity index is 0.000000424. The monoisotopic (exact) mass is 183 g/mol. The lowest BCUT2D eigenvalue weighted by Gasteiger charge is -2.06. The van der Waals surface area contributed by atoms with Crippen LogP contribution in [0.5, 0.6) is 0 Å². The SMILES string of the molecule is CCO.N[C@H](CO)c1ccccc1. The van der Waals surface area contributed by atoms with Crippen molar-refractivity contribution in [3.63, 3.8) is 0 Å². The molecule has 1 rings (SSSR count). The molecular formula is C10H17NO2. The zero-order valence-corrected chi connectivity index (χ0v) is 7.85. The van der Waals surface area contributed by atoms with Crippen molar-refractivity contribution in [2.75, 3.05) is 13.2 Å². The molecule has 3 nitrogen and oxygen atoms in total. The summed E-state index contributed by atoms with van der Waals surface area (Å²) in [6.07, 6.45) is 0. The van der Waals surface area contributed by atoms with Gasteiger partial charge in [-0.05, 0) is 12.5 Å². The lowest BCUT2D eigenvalue weighted by Crippen LogP contribution is -2.13. The molecule has 0 aliphatic heterocycles. The Morgan fingerprint density at radius 2 is 1.69 bits per heavy atom. The third kappa shape index (κ3) is 5.36. The number of hydrogen-bond donors (Lipinski definition) is 3. The van der Waals surface area contributed by atoms with Crippen molar-refractivity contribution in [1.82, 2.24) is 0 Å². The summed E-state index contributed by atoms with van der Waals surface area (Å²) >= 11 is 0. The van der Waals surface area contributed by atoms with Gasteiger partial charge in [-0.3, -0.25) is 0 Å². The zero-order valence-electron chi connectivity index (χ0n) is 7.85. The van der Waals surface area contributed by atoms with E-state index in [1.54, 1.807) is 6.92 Å². The number of rotatable bonds is 2. The van der Waals surface area contributed by atoms with Gasteiger partial charge >= 0.3 is 0 Å². The fourth-order valence-electron chi connectivity index (χ4n) is 0.806. The van der Waals surface area contributed by atoms with Crippen LogP contribution in [0, 0.1) is 0 Å². The van der Waals surface area contributed by atoms with Gasteiger partial charge in [-0.1, -0.05) is 30.3 Å². The summed E-state index contributed by atoms with van der Waals surface area (Å²) < 4.78 is 0. The third-order valence-corrected chi connectivity index (χ3v) is 1.42. The molecule has 0 saturated heterocycles. The second-order valence-electron chi connectivity index (χ2n) is 2.52. The summed E-state index contributed by atoms with van der Waals surface area (Å²) in [5.41, 5.74) is 6.52. The molecule has 0 fully saturated rings. The van der Waals surface area contributed by atoms with Crippen LogP contribution in [0.1, 0.15) is 18.5 Å². The van der Waals surface area contributed by atoms with Crippen LogP contribution in [-0.4, -0.2) is 23.4 Å². The highest BCUT2D eigenvalue weighted by Crippen LogP contribution is 2.06. The van der Waals surface area contributed by atoms with E-state index in [1.165, 1.54) is 0 Å². The first-order valence-corrected chi connectivity index (χ1v) is 4.28. The van der Waals surface area contributed by atoms with Crippen LogP contribution in [0.3, 0.4) is 0 Å². The molecule has 0 aromatic heterocycles. The highest BCUT2D eigenvalue weighted by Gasteiger charge is 2.00. The normalized spacial score (nSPS) is 11.4. The third-order valence-electron chi connectivity index (χ3n) is 1.42. The highest BCUT2D eigenvalue weighted by molar-refractivity contribution is 5.18. The molecule has 0 bridgehead atoms. The van der Waals surface area contributed by atoms with Gasteiger partial charge in [-0.25, -0.2) is 0 Å². The first kappa shape index (κ1) is 12.1. The fourth-order valence-corrected chi connectivity index (χ4v) is 0.806. The molecule has 4 N–H and O–H groups in total. The maximum absolute atomic E-state index is 8.66. The summed E-state index contributed by atoms with van der Waals surface area (Å²) in [4.78, 5) is 0. The quantitative estimate of drug-likeness (QED) is 0.631. The van der Waals surface area contributed by atoms with Gasteiger partial charge in [0.25, 0.3) is 0 Å². The Bertz CT molecular complexity index is 201. The van der Waals surface area contributed by atoms with Crippen LogP contribution < -0.4 is 5.73 Å². The lowest BCUT2D eigenvalue weighted by molar-refractivity contribution is 0.268. The summed E-state index contributed by atoms with van der Waals surface area (Å²) in [5.74, 6) is 0. The summed E-state index contributed by atoms with van der Waals surface area (Å²) in [7, 11) is 0. The van der Waals surface area contributed by atoms with Crippen LogP contribution >= 0.6 is 0 Å². The van der Waals surface area contributed by atoms with Crippen molar-refractivity contribution >= 4 is 0 Å². The molecule has 1 aromatic carbocycles. The minimum atomic E-state index is -0.235. The van der Waals surface area contributed by atoms with Crippen LogP contribution in [0.15, 0.2) is 30.3 Å². The van der Waals surface area contributed by atoms with Crippen LogP contribution in [0.2, 0.25) is 0 Å². The Labute approximate surface area is 78.8 Å². The fraction of sp³-hybridized carbons (Fsp3) is 0.400. The first-order chi connectivity index (χ1) is 6.26. The first-order valence-electron chi connectivity index (χ1n) is 4.28. The number of hydrogen-bond acceptors (Lipinski definition) is 3. The average Bonchev–Trinajstić information content (AvgIpc) is 2.19. The predicted octanol–water partition coefficient (Wildman–Crippen LogP) is 0.677. The molecule has 3 heteroatoms. The molecule has 0 aliphatic carbocycles. The number of aliphatic hydroxyl groups excluding tert-OH is 2. The van der Waals surface area contributed by atoms with Gasteiger partial charge in [-0.15, -0.1) is 0 Å². The van der Waals surface area contributed by atoms with E-state index in [0.29, 0.717) is 0 Å². The molecule has 0 heterocycles. The zero-order chi connectivity index (χ0) is 10.1. The molecule has 1 aromatic rings. The maximum atomic E-state index is 8.66. The van der Waals surface area contributed by atoms with Gasteiger partial charge in [0.1, 0.15) is 0 Å². The van der Waals surface area contributed by atoms with E-state index in [4.69, 9.17) is 15.9 Å². The Kier molecular flexibility index (Phi) is 7.20. The van der Waals surface area contributed by atoms with E-state index >= 15 is 0 Å². The van der Waals surface area contributed by atoms with E-state index in [0.717, 1.165) is 5.56 Å². The maximum Gasteiger partial charge on any atom is 0.0624 e. The minimum Gasteiger partial charge on any atom is -0.397 e. The van der Waals surface area contributed by atoms with Gasteiger partial charge in [0.05, 0.1) is 12.6 Å². The minimum absolute atomic E-state index is 0.00398. The Morgan fingerprint density at radius 3 is 2.08 bits per heavy atom. The number of benzene rings is 1. The predicted molar refractivity (Wildman–Crippen MR) is 53.2 cm³/mol. The summed E-state index contributed by atoms with van der Waals surface area (Å²) in [5, 5.41) is 16.2. The van der Waals surface area contributed by atoms with Crippen molar-refractivity contribution in [3.05, 3.63) is 35.9 Å². The Hall–Kier alpha value is -0.900. The van der Waals surface area contributed by atoms with Crippen LogP contribution in [-0.2, 0) is 0 Å². The molecule has 0 saturated carbocycles. The summed E-state index contributed by atoms with van der Waals surface area (Å²) in [6, 6.07) is 9.31. The van der Waals surface area contributed by atoms with Crippen molar-refractivity contribution < 1.29 is 10.2 Å². The van der Waals surface area contributed by atoms with Gasteiger partial charge in [0, 0.05) is 6.61 Å². The smallest absolute Gasteiger partial charge is 0.0624 e. The van der Waals surface area contributed by atoms with Crippen molar-refractivity contribution in [1.29, 1.82) is 0 Å². The molecular weight excluding hydrogens is 166 g/mol. The van der Waals surface area contributed by atoms with E-state index < -0.39 is 0 Å². The molecule has 0 aliphatic rings. The van der Waals surface area contributed by atoms with Crippen molar-refractivity contribution in [2.45, 2.75) is 13.0 Å².